The van der Waals surface area contributed by atoms with Gasteiger partial charge in [0.1, 0.15) is 5.76 Å². The molecule has 86 valence electrons. The van der Waals surface area contributed by atoms with Crippen LogP contribution in [-0.4, -0.2) is 24.5 Å². The Balaban J connectivity index is 2.91. The first-order valence-corrected chi connectivity index (χ1v) is 6.61. The fourth-order valence-corrected chi connectivity index (χ4v) is 2.25. The summed E-state index contributed by atoms with van der Waals surface area (Å²) in [6.07, 6.45) is 0. The predicted molar refractivity (Wildman–Crippen MR) is 68.8 cm³/mol. The van der Waals surface area contributed by atoms with Crippen LogP contribution in [0.5, 0.6) is 0 Å². The average molecular weight is 340 g/mol. The van der Waals surface area contributed by atoms with Gasteiger partial charge in [0.2, 0.25) is 0 Å². The number of likely N-dealkylation sites (N-methyl/N-ethyl adjacent to an activating group) is 1. The Labute approximate surface area is 107 Å². The van der Waals surface area contributed by atoms with Gasteiger partial charge in [0, 0.05) is 6.54 Å². The SMILES string of the molecule is CCN(CC)C(CN)c1cc(Br)c(Br)o1. The molecule has 0 radical (unpaired) electrons. The number of hydrogen-bond acceptors (Lipinski definition) is 3. The molecule has 0 spiro atoms. The summed E-state index contributed by atoms with van der Waals surface area (Å²) in [7, 11) is 0. The lowest BCUT2D eigenvalue weighted by Gasteiger charge is -2.26. The number of nitrogens with two attached hydrogens (primary N) is 1. The lowest BCUT2D eigenvalue weighted by Crippen LogP contribution is -2.33. The second-order valence-electron chi connectivity index (χ2n) is 3.24. The van der Waals surface area contributed by atoms with Crippen molar-refractivity contribution in [2.45, 2.75) is 19.9 Å². The van der Waals surface area contributed by atoms with E-state index in [1.165, 1.54) is 0 Å². The third-order valence-electron chi connectivity index (χ3n) is 2.47. The zero-order valence-electron chi connectivity index (χ0n) is 8.96. The number of nitrogens with zero attached hydrogens (tertiary/aromatic N) is 1. The average Bonchev–Trinajstić information content (AvgIpc) is 2.55. The normalized spacial score (nSPS) is 13.5. The van der Waals surface area contributed by atoms with Crippen molar-refractivity contribution >= 4 is 31.9 Å². The summed E-state index contributed by atoms with van der Waals surface area (Å²) in [6.45, 7) is 6.75. The summed E-state index contributed by atoms with van der Waals surface area (Å²) in [5.41, 5.74) is 5.78. The lowest BCUT2D eigenvalue weighted by atomic mass is 10.2. The molecule has 0 bridgehead atoms. The lowest BCUT2D eigenvalue weighted by molar-refractivity contribution is 0.196. The highest BCUT2D eigenvalue weighted by molar-refractivity contribution is 9.13. The van der Waals surface area contributed by atoms with Gasteiger partial charge in [-0.25, -0.2) is 0 Å². The molecule has 0 aliphatic rings. The monoisotopic (exact) mass is 338 g/mol. The summed E-state index contributed by atoms with van der Waals surface area (Å²) in [6, 6.07) is 2.13. The van der Waals surface area contributed by atoms with Crippen molar-refractivity contribution in [2.24, 2.45) is 5.73 Å². The molecule has 15 heavy (non-hydrogen) atoms. The third kappa shape index (κ3) is 3.06. The molecule has 1 rings (SSSR count). The van der Waals surface area contributed by atoms with E-state index < -0.39 is 0 Å². The van der Waals surface area contributed by atoms with E-state index in [0.717, 1.165) is 28.0 Å². The van der Waals surface area contributed by atoms with E-state index in [4.69, 9.17) is 10.2 Å². The van der Waals surface area contributed by atoms with E-state index in [9.17, 15) is 0 Å². The van der Waals surface area contributed by atoms with E-state index in [0.29, 0.717) is 6.54 Å². The molecular formula is C10H16Br2N2O. The van der Waals surface area contributed by atoms with Crippen LogP contribution < -0.4 is 5.73 Å². The van der Waals surface area contributed by atoms with Gasteiger partial charge in [-0.2, -0.15) is 0 Å². The quantitative estimate of drug-likeness (QED) is 0.896. The van der Waals surface area contributed by atoms with E-state index in [-0.39, 0.29) is 6.04 Å². The molecule has 3 nitrogen and oxygen atoms in total. The summed E-state index contributed by atoms with van der Waals surface area (Å²) >= 11 is 6.74. The first kappa shape index (κ1) is 13.2. The van der Waals surface area contributed by atoms with Crippen molar-refractivity contribution in [3.8, 4) is 0 Å². The maximum absolute atomic E-state index is 5.78. The van der Waals surface area contributed by atoms with Crippen molar-refractivity contribution in [2.75, 3.05) is 19.6 Å². The van der Waals surface area contributed by atoms with E-state index in [2.05, 4.69) is 50.6 Å². The molecule has 1 atom stereocenters. The largest absolute Gasteiger partial charge is 0.451 e. The molecule has 0 saturated heterocycles. The zero-order valence-corrected chi connectivity index (χ0v) is 12.1. The number of furan rings is 1. The number of rotatable bonds is 5. The van der Waals surface area contributed by atoms with Crippen LogP contribution in [0.1, 0.15) is 25.6 Å². The Morgan fingerprint density at radius 3 is 2.33 bits per heavy atom. The zero-order chi connectivity index (χ0) is 11.4. The van der Waals surface area contributed by atoms with E-state index in [1.54, 1.807) is 0 Å². The fourth-order valence-electron chi connectivity index (χ4n) is 1.64. The molecule has 0 aliphatic heterocycles. The van der Waals surface area contributed by atoms with E-state index >= 15 is 0 Å². The van der Waals surface area contributed by atoms with Crippen LogP contribution in [0.15, 0.2) is 19.6 Å². The molecule has 0 aromatic carbocycles. The molecule has 1 aromatic heterocycles. The van der Waals surface area contributed by atoms with Gasteiger partial charge in [-0.15, -0.1) is 0 Å². The number of halogens is 2. The van der Waals surface area contributed by atoms with Gasteiger partial charge in [-0.3, -0.25) is 4.90 Å². The first-order valence-electron chi connectivity index (χ1n) is 5.02. The second kappa shape index (κ2) is 6.03. The van der Waals surface area contributed by atoms with Gasteiger partial charge in [0.05, 0.1) is 10.5 Å². The van der Waals surface area contributed by atoms with Crippen LogP contribution in [0.2, 0.25) is 0 Å². The molecule has 0 aliphatic carbocycles. The highest BCUT2D eigenvalue weighted by Gasteiger charge is 2.21. The van der Waals surface area contributed by atoms with Crippen LogP contribution in [0, 0.1) is 0 Å². The Bertz CT molecular complexity index is 291. The van der Waals surface area contributed by atoms with Crippen LogP contribution in [0.25, 0.3) is 0 Å². The minimum absolute atomic E-state index is 0.155. The van der Waals surface area contributed by atoms with Crippen molar-refractivity contribution in [1.82, 2.24) is 4.90 Å². The molecule has 2 N–H and O–H groups in total. The van der Waals surface area contributed by atoms with Crippen LogP contribution in [0.4, 0.5) is 0 Å². The Kier molecular flexibility index (Phi) is 5.32. The van der Waals surface area contributed by atoms with Crippen LogP contribution >= 0.6 is 31.9 Å². The van der Waals surface area contributed by atoms with Gasteiger partial charge >= 0.3 is 0 Å². The third-order valence-corrected chi connectivity index (χ3v) is 4.18. The Morgan fingerprint density at radius 2 is 2.00 bits per heavy atom. The van der Waals surface area contributed by atoms with Gasteiger partial charge < -0.3 is 10.2 Å². The van der Waals surface area contributed by atoms with Crippen LogP contribution in [-0.2, 0) is 0 Å². The van der Waals surface area contributed by atoms with E-state index in [1.807, 2.05) is 6.07 Å². The van der Waals surface area contributed by atoms with Gasteiger partial charge in [-0.1, -0.05) is 13.8 Å². The molecule has 5 heteroatoms. The smallest absolute Gasteiger partial charge is 0.183 e. The van der Waals surface area contributed by atoms with Gasteiger partial charge in [-0.05, 0) is 51.0 Å². The minimum Gasteiger partial charge on any atom is -0.451 e. The summed E-state index contributed by atoms with van der Waals surface area (Å²) in [5.74, 6) is 0.903. The van der Waals surface area contributed by atoms with Gasteiger partial charge in [0.15, 0.2) is 4.67 Å². The van der Waals surface area contributed by atoms with Gasteiger partial charge in [0.25, 0.3) is 0 Å². The summed E-state index contributed by atoms with van der Waals surface area (Å²) < 4.78 is 7.26. The minimum atomic E-state index is 0.155. The fraction of sp³-hybridized carbons (Fsp3) is 0.600. The van der Waals surface area contributed by atoms with Crippen LogP contribution in [0.3, 0.4) is 0 Å². The maximum Gasteiger partial charge on any atom is 0.183 e. The highest BCUT2D eigenvalue weighted by Crippen LogP contribution is 2.31. The van der Waals surface area contributed by atoms with Crippen molar-refractivity contribution in [3.05, 3.63) is 21.0 Å². The van der Waals surface area contributed by atoms with Crippen molar-refractivity contribution in [1.29, 1.82) is 0 Å². The standard InChI is InChI=1S/C10H16Br2N2O/c1-3-14(4-2)8(6-13)9-5-7(11)10(12)15-9/h5,8H,3-4,6,13H2,1-2H3. The molecular weight excluding hydrogens is 324 g/mol. The van der Waals surface area contributed by atoms with Crippen molar-refractivity contribution in [3.63, 3.8) is 0 Å². The molecule has 1 heterocycles. The Morgan fingerprint density at radius 1 is 1.40 bits per heavy atom. The Hall–Kier alpha value is 0.160. The maximum atomic E-state index is 5.78. The first-order chi connectivity index (χ1) is 7.13. The van der Waals surface area contributed by atoms with Crippen molar-refractivity contribution < 1.29 is 4.42 Å². The molecule has 0 amide bonds. The summed E-state index contributed by atoms with van der Waals surface area (Å²) in [5, 5.41) is 0. The number of hydrogen-bond donors (Lipinski definition) is 1. The molecule has 0 saturated carbocycles. The molecule has 1 aromatic rings. The topological polar surface area (TPSA) is 42.4 Å². The molecule has 1 unspecified atom stereocenters. The highest BCUT2D eigenvalue weighted by atomic mass is 79.9. The predicted octanol–water partition coefficient (Wildman–Crippen LogP) is 3.15. The summed E-state index contributed by atoms with van der Waals surface area (Å²) in [4.78, 5) is 2.28. The second-order valence-corrected chi connectivity index (χ2v) is 4.82. The molecule has 0 fully saturated rings.